The van der Waals surface area contributed by atoms with E-state index in [0.29, 0.717) is 24.4 Å². The second-order valence-corrected chi connectivity index (χ2v) is 11.0. The van der Waals surface area contributed by atoms with Crippen LogP contribution in [0.4, 0.5) is 0 Å². The average molecular weight is 501 g/mol. The molecular formula is C30H40N6O. The molecule has 0 radical (unpaired) electrons. The van der Waals surface area contributed by atoms with Crippen LogP contribution >= 0.6 is 0 Å². The highest BCUT2D eigenvalue weighted by atomic mass is 16.2. The number of aromatic amines is 1. The van der Waals surface area contributed by atoms with Crippen LogP contribution in [0.1, 0.15) is 76.0 Å². The van der Waals surface area contributed by atoms with Crippen LogP contribution in [0.5, 0.6) is 0 Å². The van der Waals surface area contributed by atoms with E-state index in [-0.39, 0.29) is 5.91 Å². The number of aromatic nitrogens is 4. The van der Waals surface area contributed by atoms with Crippen molar-refractivity contribution in [1.29, 1.82) is 0 Å². The van der Waals surface area contributed by atoms with Gasteiger partial charge in [0.05, 0.1) is 23.3 Å². The molecule has 196 valence electrons. The highest BCUT2D eigenvalue weighted by molar-refractivity contribution is 5.98. The number of fused-ring (bicyclic) bond motifs is 2. The van der Waals surface area contributed by atoms with E-state index >= 15 is 0 Å². The highest BCUT2D eigenvalue weighted by Crippen LogP contribution is 2.40. The average Bonchev–Trinajstić information content (AvgIpc) is 3.46. The fourth-order valence-electron chi connectivity index (χ4n) is 5.82. The molecule has 7 nitrogen and oxygen atoms in total. The van der Waals surface area contributed by atoms with Crippen molar-refractivity contribution in [1.82, 2.24) is 29.7 Å². The molecule has 0 unspecified atom stereocenters. The first kappa shape index (κ1) is 25.5. The second-order valence-electron chi connectivity index (χ2n) is 11.0. The molecule has 1 saturated carbocycles. The summed E-state index contributed by atoms with van der Waals surface area (Å²) in [5.74, 6) is 0.926. The highest BCUT2D eigenvalue weighted by Gasteiger charge is 2.26. The van der Waals surface area contributed by atoms with Gasteiger partial charge in [-0.25, -0.2) is 4.98 Å². The van der Waals surface area contributed by atoms with Crippen molar-refractivity contribution in [2.75, 3.05) is 20.6 Å². The number of nitrogens with one attached hydrogen (secondary N) is 2. The molecule has 5 rings (SSSR count). The lowest BCUT2D eigenvalue weighted by Gasteiger charge is -2.29. The Bertz CT molecular complexity index is 1390. The third-order valence-electron chi connectivity index (χ3n) is 7.83. The van der Waals surface area contributed by atoms with E-state index in [2.05, 4.69) is 60.0 Å². The molecule has 7 heteroatoms. The molecule has 0 aliphatic heterocycles. The number of amides is 1. The third kappa shape index (κ3) is 5.01. The number of hydrogen-bond acceptors (Lipinski definition) is 4. The first-order chi connectivity index (χ1) is 17.9. The Labute approximate surface area is 219 Å². The van der Waals surface area contributed by atoms with E-state index in [1.165, 1.54) is 27.9 Å². The topological polar surface area (TPSA) is 78.8 Å². The van der Waals surface area contributed by atoms with Crippen LogP contribution in [0, 0.1) is 0 Å². The first-order valence-corrected chi connectivity index (χ1v) is 13.8. The number of rotatable bonds is 8. The van der Waals surface area contributed by atoms with Crippen molar-refractivity contribution in [2.45, 2.75) is 77.3 Å². The molecule has 4 aromatic heterocycles. The van der Waals surface area contributed by atoms with Crippen molar-refractivity contribution >= 4 is 28.0 Å². The fourth-order valence-corrected chi connectivity index (χ4v) is 5.82. The van der Waals surface area contributed by atoms with Gasteiger partial charge in [-0.1, -0.05) is 20.8 Å². The van der Waals surface area contributed by atoms with Crippen LogP contribution in [0.25, 0.3) is 33.3 Å². The van der Waals surface area contributed by atoms with E-state index in [1.54, 1.807) is 19.0 Å². The van der Waals surface area contributed by atoms with Crippen LogP contribution < -0.4 is 5.32 Å². The van der Waals surface area contributed by atoms with Gasteiger partial charge < -0.3 is 19.8 Å². The van der Waals surface area contributed by atoms with Gasteiger partial charge >= 0.3 is 0 Å². The van der Waals surface area contributed by atoms with Crippen molar-refractivity contribution in [3.63, 3.8) is 0 Å². The molecule has 0 spiro atoms. The Hall–Kier alpha value is -3.19. The lowest BCUT2D eigenvalue weighted by Crippen LogP contribution is -2.40. The predicted molar refractivity (Wildman–Crippen MR) is 151 cm³/mol. The number of pyridine rings is 2. The lowest BCUT2D eigenvalue weighted by molar-refractivity contribution is -0.127. The largest absolute Gasteiger partial charge is 0.353 e. The second kappa shape index (κ2) is 10.7. The van der Waals surface area contributed by atoms with E-state index < -0.39 is 0 Å². The summed E-state index contributed by atoms with van der Waals surface area (Å²) < 4.78 is 2.28. The summed E-state index contributed by atoms with van der Waals surface area (Å²) in [6, 6.07) is 9.04. The van der Waals surface area contributed by atoms with Gasteiger partial charge in [-0.2, -0.15) is 0 Å². The quantitative estimate of drug-likeness (QED) is 0.320. The minimum Gasteiger partial charge on any atom is -0.353 e. The Morgan fingerprint density at radius 3 is 2.68 bits per heavy atom. The maximum absolute atomic E-state index is 11.9. The molecule has 0 saturated heterocycles. The van der Waals surface area contributed by atoms with Crippen molar-refractivity contribution in [3.8, 4) is 11.3 Å². The standard InChI is InChI=1S/C30H40N6O/c1-6-16-36-18-23(22-8-7-15-31-30(22)36)28-27(19(2)3)29-25(34-28)14-13-24(33-29)20-9-11-21(12-10-20)32-17-26(37)35(4)5/h7-8,13-15,18-21,32,34H,6,9-12,16-17H2,1-5H3. The smallest absolute Gasteiger partial charge is 0.236 e. The van der Waals surface area contributed by atoms with Gasteiger partial charge in [-0.15, -0.1) is 0 Å². The van der Waals surface area contributed by atoms with E-state index in [9.17, 15) is 4.79 Å². The summed E-state index contributed by atoms with van der Waals surface area (Å²) in [6.45, 7) is 8.09. The van der Waals surface area contributed by atoms with Gasteiger partial charge in [0.2, 0.25) is 5.91 Å². The van der Waals surface area contributed by atoms with Crippen LogP contribution in [0.15, 0.2) is 36.7 Å². The summed E-state index contributed by atoms with van der Waals surface area (Å²) in [5.41, 5.74) is 8.09. The zero-order valence-electron chi connectivity index (χ0n) is 22.8. The molecule has 2 N–H and O–H groups in total. The Balaban J connectivity index is 1.43. The SMILES string of the molecule is CCCn1cc(-c2[nH]c3ccc(C4CCC(NCC(=O)N(C)C)CC4)nc3c2C(C)C)c2cccnc21. The molecule has 1 fully saturated rings. The molecule has 4 heterocycles. The van der Waals surface area contributed by atoms with E-state index in [0.717, 1.165) is 55.3 Å². The zero-order chi connectivity index (χ0) is 26.1. The molecular weight excluding hydrogens is 460 g/mol. The van der Waals surface area contributed by atoms with Gasteiger partial charge in [0.15, 0.2) is 0 Å². The number of hydrogen-bond donors (Lipinski definition) is 2. The maximum atomic E-state index is 11.9. The molecule has 1 aliphatic rings. The predicted octanol–water partition coefficient (Wildman–Crippen LogP) is 5.82. The molecule has 37 heavy (non-hydrogen) atoms. The molecule has 0 atom stereocenters. The number of aryl methyl sites for hydroxylation is 1. The van der Waals surface area contributed by atoms with Crippen LogP contribution in [-0.2, 0) is 11.3 Å². The van der Waals surface area contributed by atoms with E-state index in [1.807, 2.05) is 12.3 Å². The minimum absolute atomic E-state index is 0.132. The number of carbonyl (C=O) groups excluding carboxylic acids is 1. The van der Waals surface area contributed by atoms with Crippen LogP contribution in [0.3, 0.4) is 0 Å². The molecule has 4 aromatic rings. The first-order valence-electron chi connectivity index (χ1n) is 13.8. The van der Waals surface area contributed by atoms with Gasteiger partial charge in [0.25, 0.3) is 0 Å². The maximum Gasteiger partial charge on any atom is 0.236 e. The van der Waals surface area contributed by atoms with E-state index in [4.69, 9.17) is 9.97 Å². The molecule has 1 amide bonds. The van der Waals surface area contributed by atoms with Gasteiger partial charge in [0.1, 0.15) is 5.65 Å². The molecule has 0 bridgehead atoms. The summed E-state index contributed by atoms with van der Waals surface area (Å²) in [6.07, 6.45) is 9.54. The van der Waals surface area contributed by atoms with Gasteiger partial charge in [-0.3, -0.25) is 9.78 Å². The summed E-state index contributed by atoms with van der Waals surface area (Å²) in [5, 5.41) is 4.64. The number of carbonyl (C=O) groups is 1. The van der Waals surface area contributed by atoms with Crippen molar-refractivity contribution < 1.29 is 4.79 Å². The van der Waals surface area contributed by atoms with Crippen LogP contribution in [0.2, 0.25) is 0 Å². The van der Waals surface area contributed by atoms with Crippen molar-refractivity contribution in [3.05, 3.63) is 47.9 Å². The summed E-state index contributed by atoms with van der Waals surface area (Å²) in [7, 11) is 3.61. The minimum atomic E-state index is 0.132. The van der Waals surface area contributed by atoms with Gasteiger partial charge in [0, 0.05) is 67.2 Å². The Morgan fingerprint density at radius 1 is 1.19 bits per heavy atom. The third-order valence-corrected chi connectivity index (χ3v) is 7.83. The van der Waals surface area contributed by atoms with Crippen LogP contribution in [-0.4, -0.2) is 57.0 Å². The molecule has 1 aliphatic carbocycles. The molecule has 0 aromatic carbocycles. The zero-order valence-corrected chi connectivity index (χ0v) is 22.8. The summed E-state index contributed by atoms with van der Waals surface area (Å²) >= 11 is 0. The van der Waals surface area contributed by atoms with Gasteiger partial charge in [-0.05, 0) is 62.3 Å². The number of likely N-dealkylation sites (N-methyl/N-ethyl adjacent to an activating group) is 1. The summed E-state index contributed by atoms with van der Waals surface area (Å²) in [4.78, 5) is 27.3. The fraction of sp³-hybridized carbons (Fsp3) is 0.500. The lowest BCUT2D eigenvalue weighted by atomic mass is 9.83. The van der Waals surface area contributed by atoms with Crippen molar-refractivity contribution in [2.24, 2.45) is 0 Å². The number of H-pyrrole nitrogens is 1. The Kier molecular flexibility index (Phi) is 7.33. The monoisotopic (exact) mass is 500 g/mol. The Morgan fingerprint density at radius 2 is 1.97 bits per heavy atom. The number of nitrogens with zero attached hydrogens (tertiary/aromatic N) is 4. The normalized spacial score (nSPS) is 18.2.